The lowest BCUT2D eigenvalue weighted by Gasteiger charge is -2.27. The second-order valence-corrected chi connectivity index (χ2v) is 6.50. The SMILES string of the molecule is OCC(OCc1ccccc1)C(Nc1ccccc1)c1cccs1. The highest BCUT2D eigenvalue weighted by molar-refractivity contribution is 7.10. The Morgan fingerprint density at radius 3 is 2.25 bits per heavy atom. The molecule has 1 heterocycles. The number of thiophene rings is 1. The normalized spacial score (nSPS) is 13.4. The van der Waals surface area contributed by atoms with Crippen molar-refractivity contribution in [3.8, 4) is 0 Å². The maximum atomic E-state index is 9.89. The first kappa shape index (κ1) is 16.7. The van der Waals surface area contributed by atoms with E-state index in [1.54, 1.807) is 11.3 Å². The maximum Gasteiger partial charge on any atom is 0.106 e. The molecular formula is C20H21NO2S. The molecule has 3 aromatic rings. The third-order valence-corrected chi connectivity index (χ3v) is 4.76. The van der Waals surface area contributed by atoms with Crippen molar-refractivity contribution >= 4 is 17.0 Å². The van der Waals surface area contributed by atoms with Gasteiger partial charge in [-0.05, 0) is 29.1 Å². The summed E-state index contributed by atoms with van der Waals surface area (Å²) in [6.45, 7) is 0.430. The van der Waals surface area contributed by atoms with Crippen molar-refractivity contribution < 1.29 is 9.84 Å². The Labute approximate surface area is 146 Å². The van der Waals surface area contributed by atoms with Crippen LogP contribution in [0.2, 0.25) is 0 Å². The van der Waals surface area contributed by atoms with E-state index >= 15 is 0 Å². The Kier molecular flexibility index (Phi) is 6.01. The van der Waals surface area contributed by atoms with Gasteiger partial charge in [0.1, 0.15) is 6.10 Å². The quantitative estimate of drug-likeness (QED) is 0.636. The third kappa shape index (κ3) is 4.45. The summed E-state index contributed by atoms with van der Waals surface area (Å²) >= 11 is 1.66. The largest absolute Gasteiger partial charge is 0.394 e. The summed E-state index contributed by atoms with van der Waals surface area (Å²) in [5.74, 6) is 0. The second kappa shape index (κ2) is 8.64. The Morgan fingerprint density at radius 2 is 1.62 bits per heavy atom. The van der Waals surface area contributed by atoms with E-state index in [0.29, 0.717) is 6.61 Å². The van der Waals surface area contributed by atoms with E-state index in [0.717, 1.165) is 16.1 Å². The molecule has 0 radical (unpaired) electrons. The highest BCUT2D eigenvalue weighted by Gasteiger charge is 2.24. The van der Waals surface area contributed by atoms with Gasteiger partial charge in [-0.1, -0.05) is 54.6 Å². The van der Waals surface area contributed by atoms with Crippen LogP contribution in [0, 0.1) is 0 Å². The number of rotatable bonds is 8. The van der Waals surface area contributed by atoms with Crippen LogP contribution >= 0.6 is 11.3 Å². The minimum absolute atomic E-state index is 0.0464. The molecule has 0 amide bonds. The van der Waals surface area contributed by atoms with E-state index in [1.807, 2.05) is 72.1 Å². The van der Waals surface area contributed by atoms with E-state index in [2.05, 4.69) is 11.4 Å². The lowest BCUT2D eigenvalue weighted by Crippen LogP contribution is -2.31. The number of hydrogen-bond acceptors (Lipinski definition) is 4. The summed E-state index contributed by atoms with van der Waals surface area (Å²) in [7, 11) is 0. The van der Waals surface area contributed by atoms with E-state index in [9.17, 15) is 5.11 Å². The van der Waals surface area contributed by atoms with Crippen LogP contribution in [0.25, 0.3) is 0 Å². The standard InChI is InChI=1S/C20H21NO2S/c22-14-18(23-15-16-8-3-1-4-9-16)20(19-12-7-13-24-19)21-17-10-5-2-6-11-17/h1-13,18,20-22H,14-15H2. The van der Waals surface area contributed by atoms with E-state index < -0.39 is 0 Å². The summed E-state index contributed by atoms with van der Waals surface area (Å²) in [5.41, 5.74) is 2.11. The topological polar surface area (TPSA) is 41.5 Å². The molecule has 0 bridgehead atoms. The highest BCUT2D eigenvalue weighted by Crippen LogP contribution is 2.28. The molecule has 0 saturated heterocycles. The molecule has 0 aliphatic rings. The Balaban J connectivity index is 1.75. The van der Waals surface area contributed by atoms with Crippen LogP contribution in [0.4, 0.5) is 5.69 Å². The average molecular weight is 339 g/mol. The van der Waals surface area contributed by atoms with Crippen molar-refractivity contribution in [3.63, 3.8) is 0 Å². The van der Waals surface area contributed by atoms with Gasteiger partial charge in [-0.15, -0.1) is 11.3 Å². The molecule has 2 unspecified atom stereocenters. The fraction of sp³-hybridized carbons (Fsp3) is 0.200. The molecule has 0 spiro atoms. The zero-order valence-corrected chi connectivity index (χ0v) is 14.2. The van der Waals surface area contributed by atoms with Crippen LogP contribution in [0.3, 0.4) is 0 Å². The third-order valence-electron chi connectivity index (χ3n) is 3.80. The molecule has 2 aromatic carbocycles. The van der Waals surface area contributed by atoms with Crippen LogP contribution in [-0.4, -0.2) is 17.8 Å². The zero-order valence-electron chi connectivity index (χ0n) is 13.3. The monoisotopic (exact) mass is 339 g/mol. The van der Waals surface area contributed by atoms with Crippen molar-refractivity contribution in [1.29, 1.82) is 0 Å². The molecule has 3 nitrogen and oxygen atoms in total. The lowest BCUT2D eigenvalue weighted by atomic mass is 10.1. The van der Waals surface area contributed by atoms with Crippen LogP contribution in [0.15, 0.2) is 78.2 Å². The van der Waals surface area contributed by atoms with Crippen molar-refractivity contribution in [2.24, 2.45) is 0 Å². The smallest absolute Gasteiger partial charge is 0.106 e. The minimum atomic E-state index is -0.330. The molecule has 2 atom stereocenters. The maximum absolute atomic E-state index is 9.89. The van der Waals surface area contributed by atoms with Gasteiger partial charge in [0, 0.05) is 10.6 Å². The second-order valence-electron chi connectivity index (χ2n) is 5.52. The number of aliphatic hydroxyl groups is 1. The Bertz CT molecular complexity index is 701. The number of anilines is 1. The molecule has 1 aromatic heterocycles. The van der Waals surface area contributed by atoms with Crippen molar-refractivity contribution in [3.05, 3.63) is 88.6 Å². The molecule has 0 fully saturated rings. The Hall–Kier alpha value is -2.14. The molecule has 0 saturated carbocycles. The predicted molar refractivity (Wildman–Crippen MR) is 99.2 cm³/mol. The molecule has 2 N–H and O–H groups in total. The summed E-state index contributed by atoms with van der Waals surface area (Å²) in [5, 5.41) is 15.4. The predicted octanol–water partition coefficient (Wildman–Crippen LogP) is 4.48. The fourth-order valence-electron chi connectivity index (χ4n) is 2.56. The van der Waals surface area contributed by atoms with Gasteiger partial charge in [0.25, 0.3) is 0 Å². The van der Waals surface area contributed by atoms with Crippen LogP contribution in [-0.2, 0) is 11.3 Å². The van der Waals surface area contributed by atoms with Gasteiger partial charge >= 0.3 is 0 Å². The highest BCUT2D eigenvalue weighted by atomic mass is 32.1. The van der Waals surface area contributed by atoms with Gasteiger partial charge in [-0.25, -0.2) is 0 Å². The number of ether oxygens (including phenoxy) is 1. The first-order valence-electron chi connectivity index (χ1n) is 7.98. The minimum Gasteiger partial charge on any atom is -0.394 e. The van der Waals surface area contributed by atoms with E-state index in [-0.39, 0.29) is 18.8 Å². The van der Waals surface area contributed by atoms with Crippen LogP contribution < -0.4 is 5.32 Å². The van der Waals surface area contributed by atoms with Crippen LogP contribution in [0.1, 0.15) is 16.5 Å². The summed E-state index contributed by atoms with van der Waals surface area (Å²) in [4.78, 5) is 1.14. The van der Waals surface area contributed by atoms with Gasteiger partial charge in [0.15, 0.2) is 0 Å². The first-order chi connectivity index (χ1) is 11.9. The molecular weight excluding hydrogens is 318 g/mol. The summed E-state index contributed by atoms with van der Waals surface area (Å²) < 4.78 is 6.03. The van der Waals surface area contributed by atoms with Crippen molar-refractivity contribution in [1.82, 2.24) is 0 Å². The number of aliphatic hydroxyl groups excluding tert-OH is 1. The fourth-order valence-corrected chi connectivity index (χ4v) is 3.39. The lowest BCUT2D eigenvalue weighted by molar-refractivity contribution is -0.00833. The van der Waals surface area contributed by atoms with E-state index in [1.165, 1.54) is 0 Å². The number of benzene rings is 2. The van der Waals surface area contributed by atoms with Gasteiger partial charge < -0.3 is 15.2 Å². The summed E-state index contributed by atoms with van der Waals surface area (Å²) in [6.07, 6.45) is -0.330. The average Bonchev–Trinajstić information content (AvgIpc) is 3.17. The first-order valence-corrected chi connectivity index (χ1v) is 8.86. The van der Waals surface area contributed by atoms with Crippen LogP contribution in [0.5, 0.6) is 0 Å². The van der Waals surface area contributed by atoms with Gasteiger partial charge in [0.2, 0.25) is 0 Å². The molecule has 24 heavy (non-hydrogen) atoms. The van der Waals surface area contributed by atoms with Gasteiger partial charge in [-0.2, -0.15) is 0 Å². The molecule has 4 heteroatoms. The van der Waals surface area contributed by atoms with Gasteiger partial charge in [0.05, 0.1) is 19.3 Å². The number of nitrogens with one attached hydrogen (secondary N) is 1. The van der Waals surface area contributed by atoms with Crippen molar-refractivity contribution in [2.45, 2.75) is 18.8 Å². The number of hydrogen-bond donors (Lipinski definition) is 2. The van der Waals surface area contributed by atoms with Crippen molar-refractivity contribution in [2.75, 3.05) is 11.9 Å². The van der Waals surface area contributed by atoms with E-state index in [4.69, 9.17) is 4.74 Å². The zero-order chi connectivity index (χ0) is 16.6. The molecule has 124 valence electrons. The molecule has 3 rings (SSSR count). The summed E-state index contributed by atoms with van der Waals surface area (Å²) in [6, 6.07) is 24.0. The Morgan fingerprint density at radius 1 is 0.917 bits per heavy atom. The number of para-hydroxylation sites is 1. The molecule has 0 aliphatic heterocycles. The van der Waals surface area contributed by atoms with Gasteiger partial charge in [-0.3, -0.25) is 0 Å². The molecule has 0 aliphatic carbocycles.